The standard InChI is InChI=1S/C14H20ClN3O2/c1-14(2,3)20-13(19)18-6-4-10(5-7-18)12-16-8-11(15)9-17-12/h8-10H,4-7H2,1-3H3. The summed E-state index contributed by atoms with van der Waals surface area (Å²) >= 11 is 5.78. The van der Waals surface area contributed by atoms with Gasteiger partial charge in [-0.2, -0.15) is 0 Å². The second-order valence-electron chi connectivity index (χ2n) is 6.00. The molecule has 0 spiro atoms. The molecule has 5 nitrogen and oxygen atoms in total. The zero-order valence-corrected chi connectivity index (χ0v) is 12.9. The van der Waals surface area contributed by atoms with Crippen LogP contribution in [0.4, 0.5) is 4.79 Å². The molecule has 2 rings (SSSR count). The third kappa shape index (κ3) is 4.07. The van der Waals surface area contributed by atoms with Gasteiger partial charge in [0.25, 0.3) is 0 Å². The Balaban J connectivity index is 1.89. The highest BCUT2D eigenvalue weighted by molar-refractivity contribution is 6.30. The van der Waals surface area contributed by atoms with Crippen molar-refractivity contribution in [2.45, 2.75) is 45.1 Å². The first-order valence-electron chi connectivity index (χ1n) is 6.80. The van der Waals surface area contributed by atoms with E-state index in [-0.39, 0.29) is 12.0 Å². The van der Waals surface area contributed by atoms with Crippen molar-refractivity contribution >= 4 is 17.7 Å². The Labute approximate surface area is 124 Å². The topological polar surface area (TPSA) is 55.3 Å². The molecule has 1 aromatic heterocycles. The molecular formula is C14H20ClN3O2. The molecule has 0 unspecified atom stereocenters. The van der Waals surface area contributed by atoms with Crippen LogP contribution in [0.1, 0.15) is 45.4 Å². The van der Waals surface area contributed by atoms with Crippen molar-refractivity contribution in [1.29, 1.82) is 0 Å². The third-order valence-electron chi connectivity index (χ3n) is 3.15. The summed E-state index contributed by atoms with van der Waals surface area (Å²) in [5.74, 6) is 1.09. The monoisotopic (exact) mass is 297 g/mol. The van der Waals surface area contributed by atoms with E-state index in [0.29, 0.717) is 18.1 Å². The lowest BCUT2D eigenvalue weighted by atomic mass is 9.96. The molecule has 0 aliphatic carbocycles. The molecule has 1 amide bonds. The number of nitrogens with zero attached hydrogens (tertiary/aromatic N) is 3. The third-order valence-corrected chi connectivity index (χ3v) is 3.35. The SMILES string of the molecule is CC(C)(C)OC(=O)N1CCC(c2ncc(Cl)cn2)CC1. The van der Waals surface area contributed by atoms with Crippen molar-refractivity contribution in [3.05, 3.63) is 23.2 Å². The van der Waals surface area contributed by atoms with Gasteiger partial charge in [-0.05, 0) is 33.6 Å². The number of amides is 1. The van der Waals surface area contributed by atoms with E-state index >= 15 is 0 Å². The minimum atomic E-state index is -0.451. The van der Waals surface area contributed by atoms with Crippen molar-refractivity contribution in [3.63, 3.8) is 0 Å². The molecular weight excluding hydrogens is 278 g/mol. The second kappa shape index (κ2) is 5.95. The molecule has 0 atom stereocenters. The Bertz CT molecular complexity index is 462. The minimum absolute atomic E-state index is 0.243. The largest absolute Gasteiger partial charge is 0.444 e. The minimum Gasteiger partial charge on any atom is -0.444 e. The van der Waals surface area contributed by atoms with Gasteiger partial charge in [-0.3, -0.25) is 0 Å². The summed E-state index contributed by atoms with van der Waals surface area (Å²) in [5.41, 5.74) is -0.451. The molecule has 0 bridgehead atoms. The fourth-order valence-corrected chi connectivity index (χ4v) is 2.28. The number of likely N-dealkylation sites (tertiary alicyclic amines) is 1. The number of aromatic nitrogens is 2. The molecule has 6 heteroatoms. The zero-order valence-electron chi connectivity index (χ0n) is 12.1. The average Bonchev–Trinajstić information content (AvgIpc) is 2.38. The highest BCUT2D eigenvalue weighted by Crippen LogP contribution is 2.26. The number of piperidine rings is 1. The molecule has 0 aromatic carbocycles. The smallest absolute Gasteiger partial charge is 0.410 e. The fourth-order valence-electron chi connectivity index (χ4n) is 2.18. The number of halogens is 1. The lowest BCUT2D eigenvalue weighted by Crippen LogP contribution is -2.41. The van der Waals surface area contributed by atoms with Crippen molar-refractivity contribution in [1.82, 2.24) is 14.9 Å². The van der Waals surface area contributed by atoms with Crippen molar-refractivity contribution in [3.8, 4) is 0 Å². The zero-order chi connectivity index (χ0) is 14.8. The maximum atomic E-state index is 12.0. The summed E-state index contributed by atoms with van der Waals surface area (Å²) < 4.78 is 5.37. The van der Waals surface area contributed by atoms with E-state index in [1.807, 2.05) is 20.8 Å². The molecule has 2 heterocycles. The number of ether oxygens (including phenoxy) is 1. The van der Waals surface area contributed by atoms with Crippen LogP contribution in [0.15, 0.2) is 12.4 Å². The summed E-state index contributed by atoms with van der Waals surface area (Å²) in [5, 5.41) is 0.542. The van der Waals surface area contributed by atoms with Gasteiger partial charge in [0.05, 0.1) is 5.02 Å². The van der Waals surface area contributed by atoms with E-state index in [4.69, 9.17) is 16.3 Å². The lowest BCUT2D eigenvalue weighted by molar-refractivity contribution is 0.0203. The number of carbonyl (C=O) groups excluding carboxylic acids is 1. The maximum Gasteiger partial charge on any atom is 0.410 e. The molecule has 20 heavy (non-hydrogen) atoms. The van der Waals surface area contributed by atoms with Crippen LogP contribution < -0.4 is 0 Å². The Morgan fingerprint density at radius 1 is 1.30 bits per heavy atom. The summed E-state index contributed by atoms with van der Waals surface area (Å²) in [6, 6.07) is 0. The molecule has 1 aliphatic heterocycles. The van der Waals surface area contributed by atoms with Gasteiger partial charge in [0.15, 0.2) is 0 Å². The molecule has 0 saturated carbocycles. The first-order chi connectivity index (χ1) is 9.35. The number of hydrogen-bond acceptors (Lipinski definition) is 4. The quantitative estimate of drug-likeness (QED) is 0.798. The van der Waals surface area contributed by atoms with Crippen LogP contribution in [-0.4, -0.2) is 39.7 Å². The van der Waals surface area contributed by atoms with Crippen LogP contribution in [0.25, 0.3) is 0 Å². The molecule has 1 aromatic rings. The predicted octanol–water partition coefficient (Wildman–Crippen LogP) is 3.24. The van der Waals surface area contributed by atoms with Crippen molar-refractivity contribution in [2.24, 2.45) is 0 Å². The summed E-state index contributed by atoms with van der Waals surface area (Å²) in [6.45, 7) is 6.97. The van der Waals surface area contributed by atoms with Crippen LogP contribution in [0.5, 0.6) is 0 Å². The van der Waals surface area contributed by atoms with Gasteiger partial charge in [-0.1, -0.05) is 11.6 Å². The number of rotatable bonds is 1. The normalized spacial score (nSPS) is 17.1. The Hall–Kier alpha value is -1.36. The predicted molar refractivity (Wildman–Crippen MR) is 76.8 cm³/mol. The van der Waals surface area contributed by atoms with Crippen LogP contribution in [0, 0.1) is 0 Å². The molecule has 1 aliphatic rings. The first-order valence-corrected chi connectivity index (χ1v) is 7.18. The van der Waals surface area contributed by atoms with E-state index < -0.39 is 5.60 Å². The van der Waals surface area contributed by atoms with E-state index in [9.17, 15) is 4.79 Å². The Kier molecular flexibility index (Phi) is 4.48. The van der Waals surface area contributed by atoms with Crippen LogP contribution >= 0.6 is 11.6 Å². The first kappa shape index (κ1) is 15.0. The van der Waals surface area contributed by atoms with Gasteiger partial charge in [-0.15, -0.1) is 0 Å². The van der Waals surface area contributed by atoms with E-state index in [1.54, 1.807) is 17.3 Å². The van der Waals surface area contributed by atoms with E-state index in [1.165, 1.54) is 0 Å². The van der Waals surface area contributed by atoms with Gasteiger partial charge in [0.1, 0.15) is 11.4 Å². The summed E-state index contributed by atoms with van der Waals surface area (Å²) in [6.07, 6.45) is 4.68. The van der Waals surface area contributed by atoms with Crippen LogP contribution in [0.2, 0.25) is 5.02 Å². The fraction of sp³-hybridized carbons (Fsp3) is 0.643. The van der Waals surface area contributed by atoms with Gasteiger partial charge in [0.2, 0.25) is 0 Å². The number of hydrogen-bond donors (Lipinski definition) is 0. The van der Waals surface area contributed by atoms with E-state index in [2.05, 4.69) is 9.97 Å². The van der Waals surface area contributed by atoms with Crippen LogP contribution in [0.3, 0.4) is 0 Å². The lowest BCUT2D eigenvalue weighted by Gasteiger charge is -2.32. The Morgan fingerprint density at radius 2 is 1.85 bits per heavy atom. The maximum absolute atomic E-state index is 12.0. The van der Waals surface area contributed by atoms with Gasteiger partial charge >= 0.3 is 6.09 Å². The molecule has 1 fully saturated rings. The van der Waals surface area contributed by atoms with Gasteiger partial charge < -0.3 is 9.64 Å². The molecule has 0 N–H and O–H groups in total. The van der Waals surface area contributed by atoms with Gasteiger partial charge in [-0.25, -0.2) is 14.8 Å². The summed E-state index contributed by atoms with van der Waals surface area (Å²) in [4.78, 5) is 22.2. The van der Waals surface area contributed by atoms with Crippen LogP contribution in [-0.2, 0) is 4.74 Å². The second-order valence-corrected chi connectivity index (χ2v) is 6.44. The number of carbonyl (C=O) groups is 1. The van der Waals surface area contributed by atoms with Crippen molar-refractivity contribution in [2.75, 3.05) is 13.1 Å². The van der Waals surface area contributed by atoms with Gasteiger partial charge in [0, 0.05) is 31.4 Å². The highest BCUT2D eigenvalue weighted by atomic mass is 35.5. The highest BCUT2D eigenvalue weighted by Gasteiger charge is 2.28. The molecule has 1 saturated heterocycles. The average molecular weight is 298 g/mol. The molecule has 0 radical (unpaired) electrons. The summed E-state index contributed by atoms with van der Waals surface area (Å²) in [7, 11) is 0. The molecule has 110 valence electrons. The van der Waals surface area contributed by atoms with Crippen molar-refractivity contribution < 1.29 is 9.53 Å². The Morgan fingerprint density at radius 3 is 2.35 bits per heavy atom. The van der Waals surface area contributed by atoms with E-state index in [0.717, 1.165) is 18.7 Å².